The smallest absolute Gasteiger partial charge is 0.356 e. The molecule has 1 heterocycles. The van der Waals surface area contributed by atoms with Crippen molar-refractivity contribution in [3.8, 4) is 0 Å². The summed E-state index contributed by atoms with van der Waals surface area (Å²) >= 11 is 7.97. The molecule has 0 saturated heterocycles. The largest absolute Gasteiger partial charge is 0.476 e. The lowest BCUT2D eigenvalue weighted by Crippen LogP contribution is -2.04. The Bertz CT molecular complexity index is 607. The van der Waals surface area contributed by atoms with Gasteiger partial charge in [-0.15, -0.1) is 0 Å². The first-order valence-electron chi connectivity index (χ1n) is 4.83. The molecule has 1 aromatic carbocycles. The summed E-state index contributed by atoms with van der Waals surface area (Å²) in [5.74, 6) is -0.743. The standard InChI is InChI=1S/C11H7ClIN3O2/c12-6-1-2-8(7(13)3-6)15-10-5-14-4-9(16-10)11(17)18/h1-5H,(H,15,16)(H,17,18). The van der Waals surface area contributed by atoms with Crippen LogP contribution < -0.4 is 5.32 Å². The highest BCUT2D eigenvalue weighted by Crippen LogP contribution is 2.24. The van der Waals surface area contributed by atoms with Crippen LogP contribution in [-0.2, 0) is 0 Å². The first-order valence-corrected chi connectivity index (χ1v) is 6.29. The summed E-state index contributed by atoms with van der Waals surface area (Å²) in [5, 5.41) is 12.4. The lowest BCUT2D eigenvalue weighted by molar-refractivity contribution is 0.0690. The zero-order chi connectivity index (χ0) is 13.1. The van der Waals surface area contributed by atoms with Gasteiger partial charge in [0.1, 0.15) is 5.82 Å². The summed E-state index contributed by atoms with van der Waals surface area (Å²) < 4.78 is 0.905. The van der Waals surface area contributed by atoms with Crippen molar-refractivity contribution in [2.45, 2.75) is 0 Å². The van der Waals surface area contributed by atoms with Crippen molar-refractivity contribution in [1.82, 2.24) is 9.97 Å². The molecule has 5 nitrogen and oxygen atoms in total. The van der Waals surface area contributed by atoms with Gasteiger partial charge >= 0.3 is 5.97 Å². The second-order valence-corrected chi connectivity index (χ2v) is 4.94. The maximum Gasteiger partial charge on any atom is 0.356 e. The first kappa shape index (κ1) is 13.0. The van der Waals surface area contributed by atoms with Gasteiger partial charge in [-0.05, 0) is 40.8 Å². The normalized spacial score (nSPS) is 10.1. The van der Waals surface area contributed by atoms with Crippen molar-refractivity contribution < 1.29 is 9.90 Å². The average Bonchev–Trinajstić information content (AvgIpc) is 2.33. The minimum absolute atomic E-state index is 0.107. The third kappa shape index (κ3) is 3.08. The zero-order valence-electron chi connectivity index (χ0n) is 8.89. The third-order valence-corrected chi connectivity index (χ3v) is 3.18. The van der Waals surface area contributed by atoms with Gasteiger partial charge in [0.15, 0.2) is 5.69 Å². The molecule has 0 aliphatic heterocycles. The highest BCUT2D eigenvalue weighted by molar-refractivity contribution is 14.1. The van der Waals surface area contributed by atoms with Crippen molar-refractivity contribution in [3.05, 3.63) is 44.9 Å². The quantitative estimate of drug-likeness (QED) is 0.806. The number of carbonyl (C=O) groups is 1. The van der Waals surface area contributed by atoms with Gasteiger partial charge in [0.05, 0.1) is 18.1 Å². The van der Waals surface area contributed by atoms with Crippen molar-refractivity contribution in [1.29, 1.82) is 0 Å². The highest BCUT2D eigenvalue weighted by atomic mass is 127. The summed E-state index contributed by atoms with van der Waals surface area (Å²) in [7, 11) is 0. The Morgan fingerprint density at radius 2 is 2.17 bits per heavy atom. The van der Waals surface area contributed by atoms with Crippen LogP contribution in [0, 0.1) is 3.57 Å². The Labute approximate surface area is 121 Å². The van der Waals surface area contributed by atoms with Crippen LogP contribution in [0.3, 0.4) is 0 Å². The van der Waals surface area contributed by atoms with Crippen LogP contribution in [0.25, 0.3) is 0 Å². The number of rotatable bonds is 3. The molecule has 0 spiro atoms. The second kappa shape index (κ2) is 5.49. The van der Waals surface area contributed by atoms with Crippen LogP contribution in [0.1, 0.15) is 10.5 Å². The van der Waals surface area contributed by atoms with Gasteiger partial charge in [-0.1, -0.05) is 11.6 Å². The molecule has 0 fully saturated rings. The van der Waals surface area contributed by atoms with Crippen LogP contribution in [0.15, 0.2) is 30.6 Å². The zero-order valence-corrected chi connectivity index (χ0v) is 11.8. The molecule has 2 aromatic rings. The number of hydrogen-bond donors (Lipinski definition) is 2. The number of carboxylic acid groups (broad SMARTS) is 1. The van der Waals surface area contributed by atoms with Gasteiger partial charge in [-0.25, -0.2) is 9.78 Å². The fraction of sp³-hybridized carbons (Fsp3) is 0. The number of anilines is 2. The molecule has 0 aliphatic carbocycles. The van der Waals surface area contributed by atoms with Crippen molar-refractivity contribution in [3.63, 3.8) is 0 Å². The van der Waals surface area contributed by atoms with E-state index in [-0.39, 0.29) is 5.69 Å². The summed E-state index contributed by atoms with van der Waals surface area (Å²) in [4.78, 5) is 18.5. The van der Waals surface area contributed by atoms with Crippen molar-refractivity contribution in [2.75, 3.05) is 5.32 Å². The third-order valence-electron chi connectivity index (χ3n) is 2.05. The molecule has 0 unspecified atom stereocenters. The van der Waals surface area contributed by atoms with Gasteiger partial charge in [0, 0.05) is 8.59 Å². The van der Waals surface area contributed by atoms with E-state index in [9.17, 15) is 4.79 Å². The Hall–Kier alpha value is -1.41. The summed E-state index contributed by atoms with van der Waals surface area (Å²) in [6, 6.07) is 5.32. The predicted molar refractivity (Wildman–Crippen MR) is 76.4 cm³/mol. The number of nitrogens with one attached hydrogen (secondary N) is 1. The Morgan fingerprint density at radius 3 is 2.83 bits per heavy atom. The van der Waals surface area contributed by atoms with E-state index in [0.717, 1.165) is 9.26 Å². The Kier molecular flexibility index (Phi) is 3.97. The first-order chi connectivity index (χ1) is 8.56. The molecule has 0 bridgehead atoms. The molecule has 0 amide bonds. The van der Waals surface area contributed by atoms with Crippen LogP contribution in [0.2, 0.25) is 5.02 Å². The van der Waals surface area contributed by atoms with E-state index >= 15 is 0 Å². The fourth-order valence-corrected chi connectivity index (χ4v) is 2.26. The molecule has 1 aromatic heterocycles. The van der Waals surface area contributed by atoms with E-state index in [1.165, 1.54) is 12.4 Å². The molecular formula is C11H7ClIN3O2. The predicted octanol–water partition coefficient (Wildman–Crippen LogP) is 3.18. The van der Waals surface area contributed by atoms with Crippen molar-refractivity contribution in [2.24, 2.45) is 0 Å². The van der Waals surface area contributed by atoms with Crippen LogP contribution in [0.4, 0.5) is 11.5 Å². The second-order valence-electron chi connectivity index (χ2n) is 3.34. The van der Waals surface area contributed by atoms with E-state index < -0.39 is 5.97 Å². The minimum atomic E-state index is -1.11. The number of aromatic nitrogens is 2. The molecule has 92 valence electrons. The summed E-state index contributed by atoms with van der Waals surface area (Å²) in [6.07, 6.45) is 2.65. The van der Waals surface area contributed by atoms with E-state index in [1.54, 1.807) is 18.2 Å². The topological polar surface area (TPSA) is 75.1 Å². The fourth-order valence-electron chi connectivity index (χ4n) is 1.26. The summed E-state index contributed by atoms with van der Waals surface area (Å²) in [6.45, 7) is 0. The molecule has 2 N–H and O–H groups in total. The SMILES string of the molecule is O=C(O)c1cncc(Nc2ccc(Cl)cc2I)n1. The van der Waals surface area contributed by atoms with E-state index in [2.05, 4.69) is 37.9 Å². The lowest BCUT2D eigenvalue weighted by atomic mass is 10.3. The van der Waals surface area contributed by atoms with Gasteiger partial charge < -0.3 is 10.4 Å². The molecular weight excluding hydrogens is 368 g/mol. The van der Waals surface area contributed by atoms with E-state index in [4.69, 9.17) is 16.7 Å². The highest BCUT2D eigenvalue weighted by Gasteiger charge is 2.07. The van der Waals surface area contributed by atoms with Crippen LogP contribution in [0.5, 0.6) is 0 Å². The van der Waals surface area contributed by atoms with E-state index in [0.29, 0.717) is 10.8 Å². The average molecular weight is 376 g/mol. The molecule has 0 atom stereocenters. The number of hydrogen-bond acceptors (Lipinski definition) is 4. The van der Waals surface area contributed by atoms with Gasteiger partial charge in [0.25, 0.3) is 0 Å². The molecule has 0 saturated carbocycles. The molecule has 2 rings (SSSR count). The number of carboxylic acids is 1. The maximum absolute atomic E-state index is 10.8. The number of benzene rings is 1. The maximum atomic E-state index is 10.8. The minimum Gasteiger partial charge on any atom is -0.476 e. The molecule has 0 radical (unpaired) electrons. The number of aromatic carboxylic acids is 1. The molecule has 0 aliphatic rings. The summed E-state index contributed by atoms with van der Waals surface area (Å²) in [5.41, 5.74) is 0.681. The van der Waals surface area contributed by atoms with Gasteiger partial charge in [-0.3, -0.25) is 4.98 Å². The van der Waals surface area contributed by atoms with Crippen molar-refractivity contribution >= 4 is 51.7 Å². The Balaban J connectivity index is 2.28. The lowest BCUT2D eigenvalue weighted by Gasteiger charge is -2.08. The molecule has 18 heavy (non-hydrogen) atoms. The van der Waals surface area contributed by atoms with E-state index in [1.807, 2.05) is 0 Å². The Morgan fingerprint density at radius 1 is 1.39 bits per heavy atom. The number of nitrogens with zero attached hydrogens (tertiary/aromatic N) is 2. The number of halogens is 2. The monoisotopic (exact) mass is 375 g/mol. The van der Waals surface area contributed by atoms with Crippen LogP contribution in [-0.4, -0.2) is 21.0 Å². The van der Waals surface area contributed by atoms with Gasteiger partial charge in [0.2, 0.25) is 0 Å². The van der Waals surface area contributed by atoms with Gasteiger partial charge in [-0.2, -0.15) is 0 Å². The van der Waals surface area contributed by atoms with Crippen LogP contribution >= 0.6 is 34.2 Å². The molecule has 7 heteroatoms.